The maximum Gasteiger partial charge on any atom is 0.410 e. The van der Waals surface area contributed by atoms with Gasteiger partial charge in [-0.05, 0) is 96.7 Å². The molecule has 1 aromatic heterocycles. The molecule has 1 amide bonds. The molecule has 0 bridgehead atoms. The second-order valence-corrected chi connectivity index (χ2v) is 14.8. The standard InChI is InChI=1S/C23H32FNO6.C16H17FN2O/c1-6-28-20(29-7-2)18-19(26)16-14-15(24)8-9-17(16)30-23(18)10-12-25(13-11-23)21(27)31-22(3,4)5;1-19-10-13-15(18-19)12-9-11(17)5-6-14(12)20-16(13)7-3-2-4-8-16/h8-9,14,18,20H,6-7,10-13H2,1-5H3;5-6,9-10H,2-4,7-8H2,1H3. The Morgan fingerprint density at radius 3 is 2.10 bits per heavy atom. The zero-order valence-electron chi connectivity index (χ0n) is 30.4. The van der Waals surface area contributed by atoms with E-state index in [1.165, 1.54) is 49.6 Å². The van der Waals surface area contributed by atoms with E-state index in [1.807, 2.05) is 52.5 Å². The van der Waals surface area contributed by atoms with Crippen LogP contribution in [-0.2, 0) is 26.9 Å². The lowest BCUT2D eigenvalue weighted by atomic mass is 9.73. The number of halogens is 2. The number of Topliss-reactive ketones (excluding diaryl/α,β-unsaturated/α-hetero) is 1. The number of fused-ring (bicyclic) bond motifs is 5. The van der Waals surface area contributed by atoms with Crippen LogP contribution in [0.3, 0.4) is 0 Å². The number of likely N-dealkylation sites (tertiary alicyclic amines) is 1. The van der Waals surface area contributed by atoms with E-state index in [1.54, 1.807) is 11.0 Å². The molecule has 0 N–H and O–H groups in total. The van der Waals surface area contributed by atoms with Crippen LogP contribution in [-0.4, -0.2) is 70.4 Å². The predicted octanol–water partition coefficient (Wildman–Crippen LogP) is 7.96. The SMILES string of the molecule is CCOC(OCC)C1C(=O)c2cc(F)ccc2OC12CCN(C(=O)OC(C)(C)C)CC2.Cn1cc2c(n1)-c1cc(F)ccc1OC21CCCCC1. The summed E-state index contributed by atoms with van der Waals surface area (Å²) in [5.74, 6) is -0.682. The van der Waals surface area contributed by atoms with Gasteiger partial charge in [-0.15, -0.1) is 0 Å². The summed E-state index contributed by atoms with van der Waals surface area (Å²) >= 11 is 0. The highest BCUT2D eigenvalue weighted by atomic mass is 19.1. The van der Waals surface area contributed by atoms with Gasteiger partial charge in [0.2, 0.25) is 0 Å². The topological polar surface area (TPSA) is 101 Å². The molecule has 1 atom stereocenters. The number of aromatic nitrogens is 2. The first-order valence-corrected chi connectivity index (χ1v) is 18.0. The molecule has 1 unspecified atom stereocenters. The van der Waals surface area contributed by atoms with Gasteiger partial charge in [0.25, 0.3) is 0 Å². The van der Waals surface area contributed by atoms with E-state index in [4.69, 9.17) is 23.7 Å². The summed E-state index contributed by atoms with van der Waals surface area (Å²) in [6.07, 6.45) is 7.25. The number of hydrogen-bond donors (Lipinski definition) is 0. The Morgan fingerprint density at radius 2 is 1.51 bits per heavy atom. The molecule has 2 fully saturated rings. The number of carbonyl (C=O) groups is 2. The van der Waals surface area contributed by atoms with E-state index in [0.717, 1.165) is 35.4 Å². The van der Waals surface area contributed by atoms with E-state index < -0.39 is 35.3 Å². The number of carbonyl (C=O) groups excluding carboxylic acids is 2. The third-order valence-corrected chi connectivity index (χ3v) is 10.0. The zero-order chi connectivity index (χ0) is 36.6. The van der Waals surface area contributed by atoms with Crippen LogP contribution in [0.1, 0.15) is 95.5 Å². The van der Waals surface area contributed by atoms with Crippen LogP contribution in [0.15, 0.2) is 42.6 Å². The monoisotopic (exact) mass is 709 g/mol. The van der Waals surface area contributed by atoms with Crippen molar-refractivity contribution in [3.05, 3.63) is 65.4 Å². The summed E-state index contributed by atoms with van der Waals surface area (Å²) in [7, 11) is 1.91. The fourth-order valence-electron chi connectivity index (χ4n) is 7.78. The highest BCUT2D eigenvalue weighted by Crippen LogP contribution is 2.51. The summed E-state index contributed by atoms with van der Waals surface area (Å²) in [6, 6.07) is 8.68. The summed E-state index contributed by atoms with van der Waals surface area (Å²) < 4.78 is 59.0. The maximum atomic E-state index is 13.9. The van der Waals surface area contributed by atoms with Gasteiger partial charge in [-0.1, -0.05) is 6.42 Å². The van der Waals surface area contributed by atoms with Gasteiger partial charge in [0.1, 0.15) is 51.5 Å². The Hall–Kier alpha value is -4.03. The smallest absolute Gasteiger partial charge is 0.410 e. The molecule has 2 aromatic carbocycles. The number of benzene rings is 2. The van der Waals surface area contributed by atoms with Gasteiger partial charge in [-0.2, -0.15) is 5.10 Å². The number of nitrogens with zero attached hydrogens (tertiary/aromatic N) is 3. The van der Waals surface area contributed by atoms with Crippen molar-refractivity contribution in [3.63, 3.8) is 0 Å². The van der Waals surface area contributed by atoms with Crippen LogP contribution in [0.2, 0.25) is 0 Å². The van der Waals surface area contributed by atoms with Crippen molar-refractivity contribution in [2.45, 2.75) is 103 Å². The third-order valence-electron chi connectivity index (χ3n) is 10.0. The molecule has 1 saturated heterocycles. The first kappa shape index (κ1) is 36.8. The fourth-order valence-corrected chi connectivity index (χ4v) is 7.78. The van der Waals surface area contributed by atoms with Crippen molar-refractivity contribution in [1.29, 1.82) is 0 Å². The summed E-state index contributed by atoms with van der Waals surface area (Å²) in [5.41, 5.74) is 1.20. The molecule has 4 heterocycles. The van der Waals surface area contributed by atoms with Gasteiger partial charge in [0.05, 0.1) is 5.56 Å². The molecule has 1 saturated carbocycles. The molecular formula is C39H49F2N3O7. The van der Waals surface area contributed by atoms with Crippen molar-refractivity contribution >= 4 is 11.9 Å². The number of rotatable bonds is 5. The van der Waals surface area contributed by atoms with Crippen molar-refractivity contribution in [2.24, 2.45) is 13.0 Å². The second kappa shape index (κ2) is 14.5. The zero-order valence-corrected chi connectivity index (χ0v) is 30.4. The molecule has 4 aliphatic rings. The Balaban J connectivity index is 0.000000191. The minimum absolute atomic E-state index is 0.189. The molecule has 2 spiro atoms. The lowest BCUT2D eigenvalue weighted by Gasteiger charge is -2.49. The number of piperidine rings is 1. The van der Waals surface area contributed by atoms with Gasteiger partial charge in [0.15, 0.2) is 12.1 Å². The van der Waals surface area contributed by atoms with E-state index in [2.05, 4.69) is 5.10 Å². The average molecular weight is 710 g/mol. The fraction of sp³-hybridized carbons (Fsp3) is 0.564. The summed E-state index contributed by atoms with van der Waals surface area (Å²) in [5, 5.41) is 4.55. The minimum atomic E-state index is -0.921. The van der Waals surface area contributed by atoms with Crippen LogP contribution in [0, 0.1) is 17.6 Å². The Kier molecular flexibility index (Phi) is 10.5. The Bertz CT molecular complexity index is 1730. The van der Waals surface area contributed by atoms with Crippen LogP contribution in [0.4, 0.5) is 13.6 Å². The summed E-state index contributed by atoms with van der Waals surface area (Å²) in [4.78, 5) is 27.7. The van der Waals surface area contributed by atoms with Gasteiger partial charge < -0.3 is 28.6 Å². The molecule has 10 nitrogen and oxygen atoms in total. The molecule has 3 aliphatic heterocycles. The van der Waals surface area contributed by atoms with Gasteiger partial charge in [0, 0.05) is 63.5 Å². The number of aryl methyl sites for hydroxylation is 1. The van der Waals surface area contributed by atoms with E-state index in [0.29, 0.717) is 44.9 Å². The quantitative estimate of drug-likeness (QED) is 0.246. The van der Waals surface area contributed by atoms with Crippen LogP contribution in [0.5, 0.6) is 11.5 Å². The second-order valence-electron chi connectivity index (χ2n) is 14.8. The molecule has 51 heavy (non-hydrogen) atoms. The van der Waals surface area contributed by atoms with Crippen LogP contribution < -0.4 is 9.47 Å². The molecule has 7 rings (SSSR count). The number of hydrogen-bond acceptors (Lipinski definition) is 8. The van der Waals surface area contributed by atoms with Crippen molar-refractivity contribution in [1.82, 2.24) is 14.7 Å². The normalized spacial score (nSPS) is 20.1. The average Bonchev–Trinajstić information content (AvgIpc) is 3.49. The number of ketones is 1. The van der Waals surface area contributed by atoms with E-state index >= 15 is 0 Å². The molecule has 12 heteroatoms. The lowest BCUT2D eigenvalue weighted by molar-refractivity contribution is -0.198. The Labute approximate surface area is 298 Å². The molecule has 276 valence electrons. The third kappa shape index (κ3) is 7.48. The lowest BCUT2D eigenvalue weighted by Crippen LogP contribution is -2.61. The van der Waals surface area contributed by atoms with Crippen molar-refractivity contribution < 1.29 is 42.1 Å². The van der Waals surface area contributed by atoms with Gasteiger partial charge in [-0.25, -0.2) is 13.6 Å². The van der Waals surface area contributed by atoms with Crippen LogP contribution in [0.25, 0.3) is 11.3 Å². The number of amides is 1. The van der Waals surface area contributed by atoms with Crippen molar-refractivity contribution in [3.8, 4) is 22.8 Å². The summed E-state index contributed by atoms with van der Waals surface area (Å²) in [6.45, 7) is 10.5. The van der Waals surface area contributed by atoms with E-state index in [-0.39, 0.29) is 22.8 Å². The first-order valence-electron chi connectivity index (χ1n) is 18.0. The molecule has 3 aromatic rings. The predicted molar refractivity (Wildman–Crippen MR) is 186 cm³/mol. The maximum absolute atomic E-state index is 13.9. The van der Waals surface area contributed by atoms with E-state index in [9.17, 15) is 18.4 Å². The highest BCUT2D eigenvalue weighted by Gasteiger charge is 2.56. The largest absolute Gasteiger partial charge is 0.485 e. The van der Waals surface area contributed by atoms with Gasteiger partial charge >= 0.3 is 6.09 Å². The number of ether oxygens (including phenoxy) is 5. The first-order chi connectivity index (χ1) is 24.3. The highest BCUT2D eigenvalue weighted by molar-refractivity contribution is 6.02. The van der Waals surface area contributed by atoms with Gasteiger partial charge in [-0.3, -0.25) is 9.48 Å². The molecule has 0 radical (unpaired) electrons. The molecular weight excluding hydrogens is 660 g/mol. The Morgan fingerprint density at radius 1 is 0.922 bits per heavy atom. The molecule has 1 aliphatic carbocycles. The minimum Gasteiger partial charge on any atom is -0.485 e. The van der Waals surface area contributed by atoms with Crippen molar-refractivity contribution in [2.75, 3.05) is 26.3 Å². The van der Waals surface area contributed by atoms with Crippen LogP contribution >= 0.6 is 0 Å².